The zero-order chi connectivity index (χ0) is 16.4. The number of hydrogen-bond acceptors (Lipinski definition) is 7. The van der Waals surface area contributed by atoms with Gasteiger partial charge in [-0.05, 0) is 19.6 Å². The van der Waals surface area contributed by atoms with Crippen LogP contribution in [0.1, 0.15) is 39.5 Å². The van der Waals surface area contributed by atoms with Crippen molar-refractivity contribution in [3.63, 3.8) is 0 Å². The van der Waals surface area contributed by atoms with E-state index in [0.717, 1.165) is 12.2 Å². The van der Waals surface area contributed by atoms with E-state index in [9.17, 15) is 14.4 Å². The summed E-state index contributed by atoms with van der Waals surface area (Å²) in [7, 11) is 0. The van der Waals surface area contributed by atoms with Crippen molar-refractivity contribution in [3.05, 3.63) is 0 Å². The van der Waals surface area contributed by atoms with Crippen molar-refractivity contribution >= 4 is 29.5 Å². The van der Waals surface area contributed by atoms with Crippen molar-refractivity contribution in [2.75, 3.05) is 24.7 Å². The predicted molar refractivity (Wildman–Crippen MR) is 80.8 cm³/mol. The summed E-state index contributed by atoms with van der Waals surface area (Å²) in [4.78, 5) is 38.9. The average molecular weight is 333 g/mol. The maximum Gasteiger partial charge on any atom is 0.334 e. The van der Waals surface area contributed by atoms with Crippen LogP contribution in [0.15, 0.2) is 0 Å². The third kappa shape index (κ3) is 6.76. The minimum atomic E-state index is -0.567. The van der Waals surface area contributed by atoms with Crippen LogP contribution in [0.5, 0.6) is 0 Å². The topological polar surface area (TPSA) is 82.1 Å². The zero-order valence-electron chi connectivity index (χ0n) is 13.0. The van der Waals surface area contributed by atoms with Gasteiger partial charge in [0.05, 0.1) is 6.42 Å². The highest BCUT2D eigenvalue weighted by atomic mass is 32.2. The first-order chi connectivity index (χ1) is 10.6. The van der Waals surface area contributed by atoms with Crippen LogP contribution < -0.4 is 0 Å². The SMILES string of the molecule is CCOC(CCSCCC(=O)ON1C(=O)CCC1=O)OCC. The minimum absolute atomic E-state index is 0.108. The molecule has 1 aliphatic rings. The first-order valence-corrected chi connectivity index (χ1v) is 8.61. The van der Waals surface area contributed by atoms with Crippen LogP contribution in [0.4, 0.5) is 0 Å². The molecule has 22 heavy (non-hydrogen) atoms. The van der Waals surface area contributed by atoms with E-state index in [4.69, 9.17) is 14.3 Å². The largest absolute Gasteiger partial charge is 0.353 e. The number of imide groups is 1. The maximum absolute atomic E-state index is 11.6. The molecule has 1 fully saturated rings. The van der Waals surface area contributed by atoms with Gasteiger partial charge in [0.1, 0.15) is 0 Å². The molecule has 1 heterocycles. The van der Waals surface area contributed by atoms with Gasteiger partial charge in [0.25, 0.3) is 11.8 Å². The highest BCUT2D eigenvalue weighted by Crippen LogP contribution is 2.14. The van der Waals surface area contributed by atoms with Gasteiger partial charge in [0.15, 0.2) is 6.29 Å². The molecule has 0 bridgehead atoms. The molecule has 0 aromatic rings. The first kappa shape index (κ1) is 18.9. The Balaban J connectivity index is 2.12. The molecular formula is C14H23NO6S. The van der Waals surface area contributed by atoms with Crippen LogP contribution in [-0.4, -0.2) is 53.9 Å². The lowest BCUT2D eigenvalue weighted by Gasteiger charge is -2.16. The molecule has 0 aromatic heterocycles. The Bertz CT molecular complexity index is 368. The summed E-state index contributed by atoms with van der Waals surface area (Å²) in [5.74, 6) is -0.133. The standard InChI is InChI=1S/C14H23NO6S/c1-3-19-14(20-4-2)8-10-22-9-7-13(18)21-15-11(16)5-6-12(15)17/h14H,3-10H2,1-2H3. The van der Waals surface area contributed by atoms with E-state index < -0.39 is 17.8 Å². The third-order valence-electron chi connectivity index (χ3n) is 2.85. The fraction of sp³-hybridized carbons (Fsp3) is 0.786. The summed E-state index contributed by atoms with van der Waals surface area (Å²) < 4.78 is 10.8. The molecule has 0 atom stereocenters. The van der Waals surface area contributed by atoms with Crippen molar-refractivity contribution < 1.29 is 28.7 Å². The van der Waals surface area contributed by atoms with Crippen LogP contribution in [0.2, 0.25) is 0 Å². The van der Waals surface area contributed by atoms with E-state index in [1.165, 1.54) is 0 Å². The predicted octanol–water partition coefficient (Wildman–Crippen LogP) is 1.51. The second-order valence-electron chi connectivity index (χ2n) is 4.54. The Labute approximate surface area is 134 Å². The van der Waals surface area contributed by atoms with Crippen LogP contribution in [0, 0.1) is 0 Å². The van der Waals surface area contributed by atoms with Gasteiger partial charge in [0, 0.05) is 38.2 Å². The number of ether oxygens (including phenoxy) is 2. The van der Waals surface area contributed by atoms with Crippen LogP contribution >= 0.6 is 11.8 Å². The lowest BCUT2D eigenvalue weighted by Crippen LogP contribution is -2.32. The number of amides is 2. The number of rotatable bonds is 11. The van der Waals surface area contributed by atoms with E-state index >= 15 is 0 Å². The van der Waals surface area contributed by atoms with Crippen molar-refractivity contribution in [2.45, 2.75) is 45.8 Å². The molecule has 126 valence electrons. The number of thioether (sulfide) groups is 1. The summed E-state index contributed by atoms with van der Waals surface area (Å²) in [5, 5.41) is 0.577. The Morgan fingerprint density at radius 1 is 1.14 bits per heavy atom. The van der Waals surface area contributed by atoms with Gasteiger partial charge in [-0.2, -0.15) is 11.8 Å². The number of carbonyl (C=O) groups excluding carboxylic acids is 3. The molecule has 8 heteroatoms. The fourth-order valence-electron chi connectivity index (χ4n) is 1.83. The van der Waals surface area contributed by atoms with E-state index in [-0.39, 0.29) is 25.6 Å². The van der Waals surface area contributed by atoms with Gasteiger partial charge in [-0.1, -0.05) is 0 Å². The number of nitrogens with zero attached hydrogens (tertiary/aromatic N) is 1. The third-order valence-corrected chi connectivity index (χ3v) is 3.87. The molecule has 1 aliphatic heterocycles. The second kappa shape index (κ2) is 10.6. The number of hydroxylamine groups is 2. The van der Waals surface area contributed by atoms with Gasteiger partial charge in [-0.15, -0.1) is 5.06 Å². The summed E-state index contributed by atoms with van der Waals surface area (Å²) in [6, 6.07) is 0. The Hall–Kier alpha value is -1.12. The van der Waals surface area contributed by atoms with E-state index in [1.807, 2.05) is 13.8 Å². The van der Waals surface area contributed by atoms with Crippen molar-refractivity contribution in [1.82, 2.24) is 5.06 Å². The quantitative estimate of drug-likeness (QED) is 0.322. The fourth-order valence-corrected chi connectivity index (χ4v) is 2.70. The molecule has 0 saturated carbocycles. The molecule has 0 aliphatic carbocycles. The van der Waals surface area contributed by atoms with Gasteiger partial charge < -0.3 is 14.3 Å². The van der Waals surface area contributed by atoms with Gasteiger partial charge in [-0.3, -0.25) is 9.59 Å². The zero-order valence-corrected chi connectivity index (χ0v) is 13.9. The van der Waals surface area contributed by atoms with Crippen LogP contribution in [0.25, 0.3) is 0 Å². The van der Waals surface area contributed by atoms with Crippen molar-refractivity contribution in [2.24, 2.45) is 0 Å². The van der Waals surface area contributed by atoms with E-state index in [0.29, 0.717) is 24.0 Å². The Morgan fingerprint density at radius 3 is 2.27 bits per heavy atom. The molecule has 0 spiro atoms. The van der Waals surface area contributed by atoms with E-state index in [2.05, 4.69) is 0 Å². The lowest BCUT2D eigenvalue weighted by atomic mass is 10.4. The van der Waals surface area contributed by atoms with Crippen LogP contribution in [-0.2, 0) is 28.7 Å². The van der Waals surface area contributed by atoms with Crippen molar-refractivity contribution in [1.29, 1.82) is 0 Å². The lowest BCUT2D eigenvalue weighted by molar-refractivity contribution is -0.197. The highest BCUT2D eigenvalue weighted by molar-refractivity contribution is 7.99. The molecule has 2 amide bonds. The Kier molecular flexibility index (Phi) is 9.10. The molecule has 0 radical (unpaired) electrons. The first-order valence-electron chi connectivity index (χ1n) is 7.46. The normalized spacial score (nSPS) is 15.0. The van der Waals surface area contributed by atoms with Gasteiger partial charge >= 0.3 is 5.97 Å². The molecular weight excluding hydrogens is 310 g/mol. The molecule has 0 unspecified atom stereocenters. The van der Waals surface area contributed by atoms with Crippen LogP contribution in [0.3, 0.4) is 0 Å². The average Bonchev–Trinajstić information content (AvgIpc) is 2.79. The number of carbonyl (C=O) groups is 3. The summed E-state index contributed by atoms with van der Waals surface area (Å²) in [6.07, 6.45) is 0.892. The summed E-state index contributed by atoms with van der Waals surface area (Å²) in [6.45, 7) is 5.02. The summed E-state index contributed by atoms with van der Waals surface area (Å²) in [5.41, 5.74) is 0. The summed E-state index contributed by atoms with van der Waals surface area (Å²) >= 11 is 1.57. The molecule has 7 nitrogen and oxygen atoms in total. The molecule has 1 saturated heterocycles. The van der Waals surface area contributed by atoms with Gasteiger partial charge in [0.2, 0.25) is 0 Å². The molecule has 0 aromatic carbocycles. The molecule has 1 rings (SSSR count). The second-order valence-corrected chi connectivity index (χ2v) is 5.76. The monoisotopic (exact) mass is 333 g/mol. The van der Waals surface area contributed by atoms with Gasteiger partial charge in [-0.25, -0.2) is 4.79 Å². The maximum atomic E-state index is 11.6. The smallest absolute Gasteiger partial charge is 0.334 e. The van der Waals surface area contributed by atoms with E-state index in [1.54, 1.807) is 11.8 Å². The molecule has 0 N–H and O–H groups in total. The minimum Gasteiger partial charge on any atom is -0.353 e. The Morgan fingerprint density at radius 2 is 1.73 bits per heavy atom. The number of hydrogen-bond donors (Lipinski definition) is 0. The van der Waals surface area contributed by atoms with Crippen molar-refractivity contribution in [3.8, 4) is 0 Å². The highest BCUT2D eigenvalue weighted by Gasteiger charge is 2.32.